The summed E-state index contributed by atoms with van der Waals surface area (Å²) >= 11 is 0. The lowest BCUT2D eigenvalue weighted by Crippen LogP contribution is -2.31. The van der Waals surface area contributed by atoms with Gasteiger partial charge in [-0.15, -0.1) is 0 Å². The van der Waals surface area contributed by atoms with Crippen molar-refractivity contribution in [1.82, 2.24) is 0 Å². The lowest BCUT2D eigenvalue weighted by molar-refractivity contribution is -0.138. The van der Waals surface area contributed by atoms with Crippen molar-refractivity contribution in [2.75, 3.05) is 6.16 Å². The van der Waals surface area contributed by atoms with E-state index in [1.807, 2.05) is 0 Å². The number of hydrogen-bond donors (Lipinski definition) is 3. The molecule has 0 bridgehead atoms. The van der Waals surface area contributed by atoms with Gasteiger partial charge in [-0.3, -0.25) is 9.36 Å². The van der Waals surface area contributed by atoms with E-state index in [1.165, 1.54) is 0 Å². The summed E-state index contributed by atoms with van der Waals surface area (Å²) in [6.07, 6.45) is -0.136. The molecule has 1 rings (SSSR count). The van der Waals surface area contributed by atoms with Gasteiger partial charge < -0.3 is 15.7 Å². The van der Waals surface area contributed by atoms with Crippen LogP contribution in [0, 0.1) is 0 Å². The van der Waals surface area contributed by atoms with E-state index in [2.05, 4.69) is 0 Å². The van der Waals surface area contributed by atoms with Crippen molar-refractivity contribution in [3.63, 3.8) is 0 Å². The predicted octanol–water partition coefficient (Wildman–Crippen LogP) is 0.384. The van der Waals surface area contributed by atoms with E-state index in [4.69, 9.17) is 10.8 Å². The van der Waals surface area contributed by atoms with Crippen LogP contribution in [-0.2, 0) is 9.36 Å². The molecule has 0 saturated carbocycles. The van der Waals surface area contributed by atoms with Crippen LogP contribution in [0.3, 0.4) is 0 Å². The molecule has 88 valence electrons. The van der Waals surface area contributed by atoms with E-state index in [9.17, 15) is 14.3 Å². The molecule has 0 heterocycles. The highest BCUT2D eigenvalue weighted by Gasteiger charge is 2.23. The van der Waals surface area contributed by atoms with Gasteiger partial charge >= 0.3 is 5.97 Å². The van der Waals surface area contributed by atoms with Crippen molar-refractivity contribution in [2.24, 2.45) is 5.73 Å². The third-order valence-electron chi connectivity index (χ3n) is 2.22. The highest BCUT2D eigenvalue weighted by Crippen LogP contribution is 2.39. The molecular formula is C10H14NO4P. The third-order valence-corrected chi connectivity index (χ3v) is 4.19. The molecule has 5 nitrogen and oxygen atoms in total. The summed E-state index contributed by atoms with van der Waals surface area (Å²) in [6, 6.07) is 7.07. The van der Waals surface area contributed by atoms with Gasteiger partial charge in [0.1, 0.15) is 6.04 Å². The molecule has 6 heteroatoms. The molecule has 0 aromatic heterocycles. The van der Waals surface area contributed by atoms with Crippen LogP contribution in [-0.4, -0.2) is 28.2 Å². The van der Waals surface area contributed by atoms with Crippen molar-refractivity contribution >= 4 is 18.6 Å². The Balaban J connectivity index is 2.67. The van der Waals surface area contributed by atoms with E-state index in [0.29, 0.717) is 5.30 Å². The number of carboxylic acids is 1. The molecule has 2 atom stereocenters. The SMILES string of the molecule is NC(CCP(=O)(O)c1ccccc1)C(=O)O. The zero-order valence-electron chi connectivity index (χ0n) is 8.61. The minimum Gasteiger partial charge on any atom is -0.480 e. The lowest BCUT2D eigenvalue weighted by atomic mass is 10.2. The Morgan fingerprint density at radius 1 is 1.38 bits per heavy atom. The first kappa shape index (κ1) is 12.9. The van der Waals surface area contributed by atoms with Crippen LogP contribution in [0.4, 0.5) is 0 Å². The summed E-state index contributed by atoms with van der Waals surface area (Å²) in [5.74, 6) is -1.16. The summed E-state index contributed by atoms with van der Waals surface area (Å²) in [4.78, 5) is 20.2. The molecule has 0 amide bonds. The zero-order chi connectivity index (χ0) is 12.2. The maximum absolute atomic E-state index is 11.8. The number of rotatable bonds is 5. The van der Waals surface area contributed by atoms with Gasteiger partial charge in [0.05, 0.1) is 0 Å². The van der Waals surface area contributed by atoms with Gasteiger partial charge in [-0.1, -0.05) is 18.2 Å². The lowest BCUT2D eigenvalue weighted by Gasteiger charge is -2.13. The molecular weight excluding hydrogens is 229 g/mol. The van der Waals surface area contributed by atoms with Gasteiger partial charge in [-0.2, -0.15) is 0 Å². The van der Waals surface area contributed by atoms with Crippen molar-refractivity contribution in [3.8, 4) is 0 Å². The molecule has 1 aromatic rings. The first-order chi connectivity index (χ1) is 7.43. The van der Waals surface area contributed by atoms with E-state index >= 15 is 0 Å². The standard InChI is InChI=1S/C10H14NO4P/c11-9(10(12)13)6-7-16(14,15)8-4-2-1-3-5-8/h1-5,9H,6-7,11H2,(H,12,13)(H,14,15). The molecule has 0 radical (unpaired) electrons. The molecule has 0 aliphatic rings. The Morgan fingerprint density at radius 3 is 2.44 bits per heavy atom. The maximum atomic E-state index is 11.8. The van der Waals surface area contributed by atoms with Gasteiger partial charge in [0.25, 0.3) is 0 Å². The normalized spacial score (nSPS) is 16.4. The summed E-state index contributed by atoms with van der Waals surface area (Å²) in [5, 5.41) is 8.88. The van der Waals surface area contributed by atoms with Gasteiger partial charge in [0.2, 0.25) is 7.37 Å². The predicted molar refractivity (Wildman–Crippen MR) is 61.0 cm³/mol. The molecule has 4 N–H and O–H groups in total. The van der Waals surface area contributed by atoms with Crippen LogP contribution in [0.1, 0.15) is 6.42 Å². The molecule has 0 aliphatic carbocycles. The highest BCUT2D eigenvalue weighted by molar-refractivity contribution is 7.66. The smallest absolute Gasteiger partial charge is 0.320 e. The quantitative estimate of drug-likeness (QED) is 0.649. The number of benzene rings is 1. The van der Waals surface area contributed by atoms with Crippen molar-refractivity contribution in [3.05, 3.63) is 30.3 Å². The van der Waals surface area contributed by atoms with Gasteiger partial charge in [0.15, 0.2) is 0 Å². The summed E-state index contributed by atoms with van der Waals surface area (Å²) in [5.41, 5.74) is 5.27. The highest BCUT2D eigenvalue weighted by atomic mass is 31.2. The van der Waals surface area contributed by atoms with Gasteiger partial charge in [-0.25, -0.2) is 0 Å². The number of hydrogen-bond acceptors (Lipinski definition) is 3. The van der Waals surface area contributed by atoms with Crippen LogP contribution in [0.2, 0.25) is 0 Å². The van der Waals surface area contributed by atoms with E-state index in [1.54, 1.807) is 30.3 Å². The molecule has 2 unspecified atom stereocenters. The fourth-order valence-electron chi connectivity index (χ4n) is 1.23. The molecule has 1 aromatic carbocycles. The Labute approximate surface area is 93.4 Å². The fraction of sp³-hybridized carbons (Fsp3) is 0.300. The van der Waals surface area contributed by atoms with Crippen molar-refractivity contribution in [1.29, 1.82) is 0 Å². The maximum Gasteiger partial charge on any atom is 0.320 e. The second kappa shape index (κ2) is 5.25. The first-order valence-electron chi connectivity index (χ1n) is 4.79. The zero-order valence-corrected chi connectivity index (χ0v) is 9.51. The van der Waals surface area contributed by atoms with Crippen LogP contribution in [0.25, 0.3) is 0 Å². The van der Waals surface area contributed by atoms with E-state index in [-0.39, 0.29) is 12.6 Å². The number of aliphatic carboxylic acids is 1. The fourth-order valence-corrected chi connectivity index (χ4v) is 2.75. The molecule has 0 saturated heterocycles. The number of carbonyl (C=O) groups is 1. The average molecular weight is 243 g/mol. The minimum absolute atomic E-state index is 0.0159. The van der Waals surface area contributed by atoms with E-state index in [0.717, 1.165) is 0 Å². The van der Waals surface area contributed by atoms with Crippen LogP contribution < -0.4 is 11.0 Å². The molecule has 0 fully saturated rings. The minimum atomic E-state index is -3.48. The summed E-state index contributed by atoms with van der Waals surface area (Å²) < 4.78 is 11.8. The second-order valence-corrected chi connectivity index (χ2v) is 5.86. The molecule has 0 aliphatic heterocycles. The van der Waals surface area contributed by atoms with Crippen molar-refractivity contribution < 1.29 is 19.4 Å². The topological polar surface area (TPSA) is 101 Å². The van der Waals surface area contributed by atoms with Gasteiger partial charge in [0, 0.05) is 11.5 Å². The number of carboxylic acid groups (broad SMARTS) is 1. The second-order valence-electron chi connectivity index (χ2n) is 3.49. The Kier molecular flexibility index (Phi) is 4.24. The summed E-state index contributed by atoms with van der Waals surface area (Å²) in [6.45, 7) is 0. The Bertz CT molecular complexity index is 407. The molecule has 16 heavy (non-hydrogen) atoms. The average Bonchev–Trinajstić information content (AvgIpc) is 2.27. The third kappa shape index (κ3) is 3.45. The molecule has 0 spiro atoms. The Hall–Kier alpha value is -1.16. The Morgan fingerprint density at radius 2 is 1.94 bits per heavy atom. The van der Waals surface area contributed by atoms with E-state index < -0.39 is 19.4 Å². The summed E-state index contributed by atoms with van der Waals surface area (Å²) in [7, 11) is -3.48. The largest absolute Gasteiger partial charge is 0.480 e. The van der Waals surface area contributed by atoms with Crippen LogP contribution in [0.5, 0.6) is 0 Å². The van der Waals surface area contributed by atoms with Crippen LogP contribution >= 0.6 is 7.37 Å². The first-order valence-corrected chi connectivity index (χ1v) is 6.64. The van der Waals surface area contributed by atoms with Gasteiger partial charge in [-0.05, 0) is 18.6 Å². The van der Waals surface area contributed by atoms with Crippen molar-refractivity contribution in [2.45, 2.75) is 12.5 Å². The monoisotopic (exact) mass is 243 g/mol. The number of nitrogens with two attached hydrogens (primary N) is 1. The van der Waals surface area contributed by atoms with Crippen LogP contribution in [0.15, 0.2) is 30.3 Å².